The van der Waals surface area contributed by atoms with Crippen molar-refractivity contribution < 1.29 is 4.79 Å². The first-order valence-electron chi connectivity index (χ1n) is 7.93. The molecule has 0 aliphatic carbocycles. The fourth-order valence-corrected chi connectivity index (χ4v) is 2.44. The maximum Gasteiger partial charge on any atom is 0.255 e. The van der Waals surface area contributed by atoms with Gasteiger partial charge in [-0.2, -0.15) is 0 Å². The molecule has 0 atom stereocenters. The van der Waals surface area contributed by atoms with Gasteiger partial charge in [-0.25, -0.2) is 0 Å². The number of carbonyl (C=O) groups excluding carboxylic acids is 1. The van der Waals surface area contributed by atoms with Crippen molar-refractivity contribution in [2.45, 2.75) is 27.2 Å². The van der Waals surface area contributed by atoms with Crippen LogP contribution in [0.5, 0.6) is 0 Å². The van der Waals surface area contributed by atoms with E-state index in [1.165, 1.54) is 11.3 Å². The van der Waals surface area contributed by atoms with E-state index in [0.29, 0.717) is 5.56 Å². The highest BCUT2D eigenvalue weighted by molar-refractivity contribution is 6.04. The Morgan fingerprint density at radius 3 is 2.00 bits per heavy atom. The van der Waals surface area contributed by atoms with Crippen LogP contribution in [0, 0.1) is 0 Å². The molecule has 0 saturated carbocycles. The number of benzene rings is 2. The quantitative estimate of drug-likeness (QED) is 0.859. The van der Waals surface area contributed by atoms with E-state index in [2.05, 4.69) is 31.0 Å². The Balaban J connectivity index is 2.04. The monoisotopic (exact) mass is 296 g/mol. The number of rotatable bonds is 6. The van der Waals surface area contributed by atoms with Crippen LogP contribution in [0.1, 0.15) is 36.7 Å². The van der Waals surface area contributed by atoms with Crippen molar-refractivity contribution in [2.75, 3.05) is 23.3 Å². The minimum absolute atomic E-state index is 0.0711. The fraction of sp³-hybridized carbons (Fsp3) is 0.316. The molecule has 3 nitrogen and oxygen atoms in total. The van der Waals surface area contributed by atoms with Crippen molar-refractivity contribution in [2.24, 2.45) is 0 Å². The van der Waals surface area contributed by atoms with Gasteiger partial charge < -0.3 is 10.2 Å². The molecule has 2 rings (SSSR count). The summed E-state index contributed by atoms with van der Waals surface area (Å²) in [7, 11) is 0. The molecule has 0 saturated heterocycles. The molecule has 0 bridgehead atoms. The van der Waals surface area contributed by atoms with E-state index in [0.717, 1.165) is 25.2 Å². The number of nitrogens with zero attached hydrogens (tertiary/aromatic N) is 1. The maximum absolute atomic E-state index is 12.2. The van der Waals surface area contributed by atoms with Crippen LogP contribution in [0.2, 0.25) is 0 Å². The van der Waals surface area contributed by atoms with Crippen LogP contribution in [-0.4, -0.2) is 19.0 Å². The Labute approximate surface area is 133 Å². The molecule has 0 heterocycles. The lowest BCUT2D eigenvalue weighted by atomic mass is 10.1. The zero-order valence-corrected chi connectivity index (χ0v) is 13.6. The molecule has 116 valence electrons. The molecule has 0 fully saturated rings. The molecule has 0 spiro atoms. The Hall–Kier alpha value is -2.29. The number of anilines is 2. The standard InChI is InChI=1S/C19H24N2O/c1-4-15-7-9-16(10-8-15)19(22)20-17-11-13-18(14-12-17)21(5-2)6-3/h7-14H,4-6H2,1-3H3,(H,20,22). The first-order chi connectivity index (χ1) is 10.7. The van der Waals surface area contributed by atoms with Gasteiger partial charge in [-0.1, -0.05) is 19.1 Å². The second kappa shape index (κ2) is 7.64. The van der Waals surface area contributed by atoms with Gasteiger partial charge in [0.05, 0.1) is 0 Å². The highest BCUT2D eigenvalue weighted by atomic mass is 16.1. The fourth-order valence-electron chi connectivity index (χ4n) is 2.44. The molecule has 2 aromatic rings. The van der Waals surface area contributed by atoms with E-state index in [4.69, 9.17) is 0 Å². The summed E-state index contributed by atoms with van der Waals surface area (Å²) in [6.45, 7) is 8.34. The van der Waals surface area contributed by atoms with Crippen LogP contribution in [-0.2, 0) is 6.42 Å². The molecule has 1 N–H and O–H groups in total. The van der Waals surface area contributed by atoms with Crippen molar-refractivity contribution in [3.05, 3.63) is 59.7 Å². The van der Waals surface area contributed by atoms with Gasteiger partial charge >= 0.3 is 0 Å². The van der Waals surface area contributed by atoms with Gasteiger partial charge in [0, 0.05) is 30.0 Å². The number of carbonyl (C=O) groups is 1. The van der Waals surface area contributed by atoms with Crippen molar-refractivity contribution in [1.82, 2.24) is 0 Å². The second-order valence-electron chi connectivity index (χ2n) is 5.22. The average molecular weight is 296 g/mol. The van der Waals surface area contributed by atoms with Gasteiger partial charge in [-0.15, -0.1) is 0 Å². The molecule has 0 radical (unpaired) electrons. The molecular weight excluding hydrogens is 272 g/mol. The SMILES string of the molecule is CCc1ccc(C(=O)Nc2ccc(N(CC)CC)cc2)cc1. The Morgan fingerprint density at radius 1 is 0.909 bits per heavy atom. The summed E-state index contributed by atoms with van der Waals surface area (Å²) in [5.41, 5.74) is 3.92. The number of amides is 1. The summed E-state index contributed by atoms with van der Waals surface area (Å²) in [6, 6.07) is 15.7. The van der Waals surface area contributed by atoms with Gasteiger partial charge in [0.1, 0.15) is 0 Å². The summed E-state index contributed by atoms with van der Waals surface area (Å²) >= 11 is 0. The van der Waals surface area contributed by atoms with Crippen LogP contribution in [0.4, 0.5) is 11.4 Å². The summed E-state index contributed by atoms with van der Waals surface area (Å²) in [5.74, 6) is -0.0711. The smallest absolute Gasteiger partial charge is 0.255 e. The van der Waals surface area contributed by atoms with Crippen molar-refractivity contribution in [1.29, 1.82) is 0 Å². The molecule has 0 aliphatic rings. The van der Waals surface area contributed by atoms with Gasteiger partial charge in [0.2, 0.25) is 0 Å². The second-order valence-corrected chi connectivity index (χ2v) is 5.22. The first-order valence-corrected chi connectivity index (χ1v) is 7.93. The largest absolute Gasteiger partial charge is 0.372 e. The zero-order chi connectivity index (χ0) is 15.9. The number of nitrogens with one attached hydrogen (secondary N) is 1. The molecule has 22 heavy (non-hydrogen) atoms. The van der Waals surface area contributed by atoms with Gasteiger partial charge in [-0.05, 0) is 62.2 Å². The van der Waals surface area contributed by atoms with E-state index < -0.39 is 0 Å². The highest BCUT2D eigenvalue weighted by Crippen LogP contribution is 2.18. The first kappa shape index (κ1) is 16.1. The topological polar surface area (TPSA) is 32.3 Å². The van der Waals surface area contributed by atoms with Crippen LogP contribution < -0.4 is 10.2 Å². The van der Waals surface area contributed by atoms with Crippen LogP contribution in [0.15, 0.2) is 48.5 Å². The molecule has 1 amide bonds. The maximum atomic E-state index is 12.2. The summed E-state index contributed by atoms with van der Waals surface area (Å²) in [4.78, 5) is 14.5. The normalized spacial score (nSPS) is 10.3. The minimum Gasteiger partial charge on any atom is -0.372 e. The van der Waals surface area contributed by atoms with Gasteiger partial charge in [0.15, 0.2) is 0 Å². The Morgan fingerprint density at radius 2 is 1.50 bits per heavy atom. The predicted octanol–water partition coefficient (Wildman–Crippen LogP) is 4.35. The average Bonchev–Trinajstić information content (AvgIpc) is 2.57. The molecule has 0 aliphatic heterocycles. The third kappa shape index (κ3) is 3.88. The molecular formula is C19H24N2O. The molecule has 3 heteroatoms. The van der Waals surface area contributed by atoms with E-state index >= 15 is 0 Å². The molecule has 0 aromatic heterocycles. The zero-order valence-electron chi connectivity index (χ0n) is 13.6. The van der Waals surface area contributed by atoms with E-state index in [1.807, 2.05) is 48.5 Å². The number of hydrogen-bond donors (Lipinski definition) is 1. The van der Waals surface area contributed by atoms with Crippen molar-refractivity contribution in [3.8, 4) is 0 Å². The van der Waals surface area contributed by atoms with Crippen LogP contribution >= 0.6 is 0 Å². The van der Waals surface area contributed by atoms with Crippen molar-refractivity contribution in [3.63, 3.8) is 0 Å². The van der Waals surface area contributed by atoms with Gasteiger partial charge in [-0.3, -0.25) is 4.79 Å². The lowest BCUT2D eigenvalue weighted by Gasteiger charge is -2.21. The third-order valence-corrected chi connectivity index (χ3v) is 3.88. The lowest BCUT2D eigenvalue weighted by molar-refractivity contribution is 0.102. The summed E-state index contributed by atoms with van der Waals surface area (Å²) in [5, 5.41) is 2.94. The highest BCUT2D eigenvalue weighted by Gasteiger charge is 2.07. The molecule has 2 aromatic carbocycles. The summed E-state index contributed by atoms with van der Waals surface area (Å²) < 4.78 is 0. The van der Waals surface area contributed by atoms with E-state index in [-0.39, 0.29) is 5.91 Å². The molecule has 0 unspecified atom stereocenters. The number of aryl methyl sites for hydroxylation is 1. The van der Waals surface area contributed by atoms with E-state index in [9.17, 15) is 4.79 Å². The Bertz CT molecular complexity index is 598. The minimum atomic E-state index is -0.0711. The van der Waals surface area contributed by atoms with Crippen LogP contribution in [0.3, 0.4) is 0 Å². The van der Waals surface area contributed by atoms with E-state index in [1.54, 1.807) is 0 Å². The lowest BCUT2D eigenvalue weighted by Crippen LogP contribution is -2.21. The Kier molecular flexibility index (Phi) is 5.59. The van der Waals surface area contributed by atoms with Crippen molar-refractivity contribution >= 4 is 17.3 Å². The van der Waals surface area contributed by atoms with Gasteiger partial charge in [0.25, 0.3) is 5.91 Å². The predicted molar refractivity (Wildman–Crippen MR) is 93.8 cm³/mol. The number of hydrogen-bond acceptors (Lipinski definition) is 2. The summed E-state index contributed by atoms with van der Waals surface area (Å²) in [6.07, 6.45) is 0.981. The van der Waals surface area contributed by atoms with Crippen LogP contribution in [0.25, 0.3) is 0 Å². The third-order valence-electron chi connectivity index (χ3n) is 3.88.